The fourth-order valence-corrected chi connectivity index (χ4v) is 5.53. The molecule has 0 fully saturated rings. The number of aliphatic imine (C=N–C) groups is 3. The molecule has 0 aliphatic heterocycles. The van der Waals surface area contributed by atoms with E-state index in [0.29, 0.717) is 11.1 Å². The van der Waals surface area contributed by atoms with Crippen LogP contribution in [0.1, 0.15) is 22.3 Å². The smallest absolute Gasteiger partial charge is 0.370 e. The van der Waals surface area contributed by atoms with Crippen LogP contribution < -0.4 is 50.4 Å². The van der Waals surface area contributed by atoms with Gasteiger partial charge in [0.25, 0.3) is 0 Å². The first-order valence-electron chi connectivity index (χ1n) is 14.5. The van der Waals surface area contributed by atoms with Gasteiger partial charge in [-0.1, -0.05) is 23.2 Å². The van der Waals surface area contributed by atoms with Gasteiger partial charge in [0, 0.05) is 12.3 Å². The van der Waals surface area contributed by atoms with Gasteiger partial charge in [-0.05, 0) is 55.3 Å². The first-order chi connectivity index (χ1) is 25.8. The van der Waals surface area contributed by atoms with E-state index in [2.05, 4.69) is 20.3 Å². The number of alkyl halides is 6. The number of anilines is 3. The molecular weight excluding hydrogens is 851 g/mol. The van der Waals surface area contributed by atoms with Crippen LogP contribution in [0.2, 0.25) is 10.0 Å². The van der Waals surface area contributed by atoms with Crippen LogP contribution in [0.3, 0.4) is 0 Å². The summed E-state index contributed by atoms with van der Waals surface area (Å²) in [7, 11) is -3.56. The molecule has 3 rings (SSSR count). The van der Waals surface area contributed by atoms with Crippen molar-refractivity contribution in [2.45, 2.75) is 31.1 Å². The van der Waals surface area contributed by atoms with E-state index < -0.39 is 92.3 Å². The van der Waals surface area contributed by atoms with E-state index in [0.717, 1.165) is 12.3 Å². The van der Waals surface area contributed by atoms with E-state index in [1.807, 2.05) is 5.32 Å². The Morgan fingerprint density at radius 3 is 1.33 bits per heavy atom. The monoisotopic (exact) mass is 880 g/mol. The summed E-state index contributed by atoms with van der Waals surface area (Å²) in [5.41, 5.74) is 25.9. The predicted octanol–water partition coefficient (Wildman–Crippen LogP) is 5.12. The zero-order chi connectivity index (χ0) is 44.4. The van der Waals surface area contributed by atoms with Gasteiger partial charge in [0.1, 0.15) is 11.6 Å². The molecule has 312 valence electrons. The summed E-state index contributed by atoms with van der Waals surface area (Å²) in [6, 6.07) is 1.80. The molecule has 0 spiro atoms. The lowest BCUT2D eigenvalue weighted by atomic mass is 10.1. The third kappa shape index (κ3) is 16.2. The summed E-state index contributed by atoms with van der Waals surface area (Å²) in [5, 5.41) is 5.47. The average molecular weight is 882 g/mol. The van der Waals surface area contributed by atoms with Gasteiger partial charge in [0.05, 0.1) is 43.1 Å². The van der Waals surface area contributed by atoms with Crippen LogP contribution in [0.15, 0.2) is 56.3 Å². The van der Waals surface area contributed by atoms with Crippen LogP contribution in [0, 0.1) is 25.5 Å². The van der Waals surface area contributed by atoms with Crippen molar-refractivity contribution in [3.63, 3.8) is 0 Å². The van der Waals surface area contributed by atoms with Gasteiger partial charge in [-0.3, -0.25) is 0 Å². The van der Waals surface area contributed by atoms with E-state index in [1.54, 1.807) is 6.92 Å². The number of urea groups is 3. The number of carbonyl (C=O) groups excluding carboxylic acids is 3. The SMILES string of the molecule is Cc1cc(Cl)c(NC(=O)N=C(N)N)c(C(F)(F)F)c1.Cc1cc(Cl)c(NC(=O)N=C(N)N)c(S(C)(=O)=O)c1.NC(N)=NC(=O)Nc1c(F)cc(F)cc1C(F)(F)F. The molecule has 0 saturated heterocycles. The molecule has 0 atom stereocenters. The largest absolute Gasteiger partial charge is 0.418 e. The Kier molecular flexibility index (Phi) is 16.8. The number of benzene rings is 3. The summed E-state index contributed by atoms with van der Waals surface area (Å²) in [5.74, 6) is -4.79. The molecule has 0 bridgehead atoms. The molecule has 0 radical (unpaired) electrons. The predicted molar refractivity (Wildman–Crippen MR) is 196 cm³/mol. The van der Waals surface area contributed by atoms with E-state index in [9.17, 15) is 57.9 Å². The van der Waals surface area contributed by atoms with Crippen molar-refractivity contribution in [3.8, 4) is 0 Å². The van der Waals surface area contributed by atoms with Gasteiger partial charge < -0.3 is 50.4 Å². The lowest BCUT2D eigenvalue weighted by Gasteiger charge is -2.15. The quantitative estimate of drug-likeness (QED) is 0.0941. The van der Waals surface area contributed by atoms with Gasteiger partial charge >= 0.3 is 30.4 Å². The van der Waals surface area contributed by atoms with Crippen LogP contribution in [-0.4, -0.2) is 50.6 Å². The fraction of sp³-hybridized carbons (Fsp3) is 0.172. The van der Waals surface area contributed by atoms with Crippen molar-refractivity contribution in [1.82, 2.24) is 0 Å². The average Bonchev–Trinajstić information content (AvgIpc) is 2.99. The zero-order valence-electron chi connectivity index (χ0n) is 29.0. The number of nitrogens with zero attached hydrogens (tertiary/aromatic N) is 3. The number of nitrogens with one attached hydrogen (secondary N) is 3. The number of halogens is 10. The number of hydrogen-bond donors (Lipinski definition) is 9. The Morgan fingerprint density at radius 2 is 0.947 bits per heavy atom. The van der Waals surface area contributed by atoms with Crippen LogP contribution in [-0.2, 0) is 22.2 Å². The highest BCUT2D eigenvalue weighted by atomic mass is 35.5. The summed E-state index contributed by atoms with van der Waals surface area (Å²) < 4.78 is 126. The van der Waals surface area contributed by atoms with Crippen LogP contribution in [0.4, 0.5) is 66.6 Å². The van der Waals surface area contributed by atoms with Gasteiger partial charge in [0.2, 0.25) is 0 Å². The van der Waals surface area contributed by atoms with Crippen molar-refractivity contribution in [3.05, 3.63) is 80.3 Å². The highest BCUT2D eigenvalue weighted by molar-refractivity contribution is 7.90. The van der Waals surface area contributed by atoms with Gasteiger partial charge in [-0.15, -0.1) is 0 Å². The molecule has 0 saturated carbocycles. The minimum atomic E-state index is -5.07. The Morgan fingerprint density at radius 1 is 0.596 bits per heavy atom. The maximum atomic E-state index is 13.3. The molecule has 0 heterocycles. The molecule has 28 heteroatoms. The van der Waals surface area contributed by atoms with Crippen molar-refractivity contribution in [1.29, 1.82) is 0 Å². The molecule has 15 N–H and O–H groups in total. The van der Waals surface area contributed by atoms with Gasteiger partial charge in [-0.2, -0.15) is 41.3 Å². The summed E-state index contributed by atoms with van der Waals surface area (Å²) in [6.07, 6.45) is -8.73. The third-order valence-corrected chi connectivity index (χ3v) is 7.60. The minimum Gasteiger partial charge on any atom is -0.370 e. The molecule has 3 aromatic rings. The molecule has 6 amide bonds. The van der Waals surface area contributed by atoms with Gasteiger partial charge in [0.15, 0.2) is 27.7 Å². The third-order valence-electron chi connectivity index (χ3n) is 5.89. The highest BCUT2D eigenvalue weighted by Crippen LogP contribution is 2.40. The number of amides is 6. The number of hydrogen-bond acceptors (Lipinski definition) is 5. The Bertz CT molecular complexity index is 2130. The van der Waals surface area contributed by atoms with Crippen molar-refractivity contribution < 1.29 is 57.9 Å². The van der Waals surface area contributed by atoms with Gasteiger partial charge in [-0.25, -0.2) is 31.6 Å². The molecule has 0 unspecified atom stereocenters. The molecule has 0 aliphatic rings. The van der Waals surface area contributed by atoms with E-state index in [4.69, 9.17) is 57.6 Å². The maximum Gasteiger partial charge on any atom is 0.418 e. The Hall–Kier alpha value is -6.15. The van der Waals surface area contributed by atoms with Crippen LogP contribution >= 0.6 is 23.2 Å². The first-order valence-corrected chi connectivity index (χ1v) is 17.1. The Labute approximate surface area is 326 Å². The summed E-state index contributed by atoms with van der Waals surface area (Å²) >= 11 is 11.6. The topological polar surface area (TPSA) is 315 Å². The minimum absolute atomic E-state index is 0.0359. The lowest BCUT2D eigenvalue weighted by Crippen LogP contribution is -2.26. The van der Waals surface area contributed by atoms with Crippen LogP contribution in [0.25, 0.3) is 0 Å². The molecular formula is C29H30Cl2F8N12O5S. The van der Waals surface area contributed by atoms with E-state index in [1.165, 1.54) is 30.4 Å². The standard InChI is InChI=1S/C10H10ClF3N4O.C10H13ClN4O3S.C9H7F5N4O/c1-4-2-5(10(12,13)14)7(6(11)3-4)17-9(19)18-8(15)16;1-5-3-6(11)8(7(4-5)19(2,17)18)14-10(16)15-9(12)13;10-3-1-4(9(12,13)14)6(5(11)2-3)17-8(19)18-7(15)16/h2-3H,1H3,(H5,15,16,17,18,19);3-4H,1-2H3,(H5,12,13,14,15,16);1-2H,(H5,15,16,17,18,19). The van der Waals surface area contributed by atoms with Crippen molar-refractivity contribution >= 4 is 86.1 Å². The second-order valence-corrected chi connectivity index (χ2v) is 13.6. The second kappa shape index (κ2) is 19.6. The van der Waals surface area contributed by atoms with Crippen molar-refractivity contribution in [2.75, 3.05) is 22.2 Å². The number of carbonyl (C=O) groups is 3. The number of sulfone groups is 1. The molecule has 57 heavy (non-hydrogen) atoms. The molecule has 17 nitrogen and oxygen atoms in total. The summed E-state index contributed by atoms with van der Waals surface area (Å²) in [6.45, 7) is 3.13. The zero-order valence-corrected chi connectivity index (χ0v) is 31.3. The van der Waals surface area contributed by atoms with Crippen molar-refractivity contribution in [2.24, 2.45) is 49.4 Å². The number of nitrogens with two attached hydrogens (primary N) is 6. The molecule has 3 aromatic carbocycles. The number of guanidine groups is 3. The normalized spacial score (nSPS) is 11.0. The fourth-order valence-electron chi connectivity index (χ4n) is 3.90. The lowest BCUT2D eigenvalue weighted by molar-refractivity contribution is -0.138. The highest BCUT2D eigenvalue weighted by Gasteiger charge is 2.37. The maximum absolute atomic E-state index is 13.3. The molecule has 0 aliphatic carbocycles. The van der Waals surface area contributed by atoms with E-state index >= 15 is 0 Å². The Balaban J connectivity index is 0.000000427. The van der Waals surface area contributed by atoms with E-state index in [-0.39, 0.29) is 32.8 Å². The number of aryl methyl sites for hydroxylation is 2. The summed E-state index contributed by atoms with van der Waals surface area (Å²) in [4.78, 5) is 42.8. The first kappa shape index (κ1) is 48.9. The number of rotatable bonds is 4. The van der Waals surface area contributed by atoms with Crippen LogP contribution in [0.5, 0.6) is 0 Å². The second-order valence-electron chi connectivity index (χ2n) is 10.8. The molecule has 0 aromatic heterocycles.